The van der Waals surface area contributed by atoms with Gasteiger partial charge in [0.2, 0.25) is 0 Å². The molecule has 9 heteroatoms. The van der Waals surface area contributed by atoms with Crippen molar-refractivity contribution in [2.45, 2.75) is 37.0 Å². The highest BCUT2D eigenvalue weighted by atomic mass is 16.6. The van der Waals surface area contributed by atoms with E-state index in [1.54, 1.807) is 0 Å². The maximum absolute atomic E-state index is 12.6. The first-order valence-electron chi connectivity index (χ1n) is 11.2. The number of carboxylic acids is 1. The first-order chi connectivity index (χ1) is 16.5. The largest absolute Gasteiger partial charge is 0.481 e. The number of nitrogens with one attached hydrogen (secondary N) is 2. The molecule has 2 aromatic rings. The summed E-state index contributed by atoms with van der Waals surface area (Å²) < 4.78 is 16.1. The number of benzene rings is 2. The summed E-state index contributed by atoms with van der Waals surface area (Å²) in [7, 11) is 1.38. The molecule has 4 rings (SSSR count). The Labute approximate surface area is 197 Å². The fraction of sp³-hybridized carbons (Fsp3) is 0.400. The van der Waals surface area contributed by atoms with E-state index in [0.717, 1.165) is 22.3 Å². The lowest BCUT2D eigenvalue weighted by atomic mass is 9.98. The van der Waals surface area contributed by atoms with Gasteiger partial charge in [0.1, 0.15) is 6.61 Å². The van der Waals surface area contributed by atoms with E-state index in [9.17, 15) is 14.4 Å². The van der Waals surface area contributed by atoms with E-state index in [4.69, 9.17) is 19.3 Å². The second-order valence-corrected chi connectivity index (χ2v) is 8.36. The van der Waals surface area contributed by atoms with E-state index in [2.05, 4.69) is 22.8 Å². The van der Waals surface area contributed by atoms with Gasteiger partial charge in [-0.2, -0.15) is 0 Å². The summed E-state index contributed by atoms with van der Waals surface area (Å²) in [5, 5.41) is 14.3. The Morgan fingerprint density at radius 3 is 2.35 bits per heavy atom. The summed E-state index contributed by atoms with van der Waals surface area (Å²) in [6.07, 6.45) is -1.93. The molecular formula is C25H28N2O7. The number of fused-ring (bicyclic) bond motifs is 3. The third-order valence-corrected chi connectivity index (χ3v) is 6.24. The Hall–Kier alpha value is -3.43. The van der Waals surface area contributed by atoms with Crippen LogP contribution in [0.5, 0.6) is 0 Å². The highest BCUT2D eigenvalue weighted by Crippen LogP contribution is 2.44. The van der Waals surface area contributed by atoms with Crippen molar-refractivity contribution >= 4 is 18.0 Å². The molecule has 0 bridgehead atoms. The molecule has 2 aliphatic rings. The zero-order valence-electron chi connectivity index (χ0n) is 18.9. The molecule has 1 aliphatic carbocycles. The molecule has 3 atom stereocenters. The lowest BCUT2D eigenvalue weighted by Gasteiger charge is -2.21. The Bertz CT molecular complexity index is 1010. The van der Waals surface area contributed by atoms with Gasteiger partial charge in [0, 0.05) is 26.2 Å². The minimum Gasteiger partial charge on any atom is -0.481 e. The molecule has 180 valence electrons. The molecular weight excluding hydrogens is 440 g/mol. The Balaban J connectivity index is 1.32. The molecule has 2 amide bonds. The van der Waals surface area contributed by atoms with Crippen LogP contribution in [0, 0.1) is 0 Å². The van der Waals surface area contributed by atoms with Gasteiger partial charge in [-0.05, 0) is 28.7 Å². The number of amides is 2. The lowest BCUT2D eigenvalue weighted by molar-refractivity contribution is -0.140. The van der Waals surface area contributed by atoms with Crippen molar-refractivity contribution in [3.63, 3.8) is 0 Å². The Morgan fingerprint density at radius 2 is 1.74 bits per heavy atom. The van der Waals surface area contributed by atoms with Crippen molar-refractivity contribution in [3.05, 3.63) is 59.7 Å². The van der Waals surface area contributed by atoms with Gasteiger partial charge in [-0.1, -0.05) is 48.5 Å². The Kier molecular flexibility index (Phi) is 7.44. The number of aliphatic carboxylic acids is 1. The fourth-order valence-electron chi connectivity index (χ4n) is 4.54. The molecule has 3 N–H and O–H groups in total. The number of rotatable bonds is 9. The zero-order chi connectivity index (χ0) is 24.1. The molecule has 0 radical (unpaired) electrons. The number of carboxylic acid groups (broad SMARTS) is 1. The van der Waals surface area contributed by atoms with Crippen molar-refractivity contribution in [3.8, 4) is 11.1 Å². The van der Waals surface area contributed by atoms with Gasteiger partial charge in [-0.25, -0.2) is 4.79 Å². The van der Waals surface area contributed by atoms with Crippen LogP contribution in [-0.2, 0) is 23.8 Å². The highest BCUT2D eigenvalue weighted by molar-refractivity contribution is 5.83. The quantitative estimate of drug-likeness (QED) is 0.516. The molecule has 2 aromatic carbocycles. The fourth-order valence-corrected chi connectivity index (χ4v) is 4.54. The third-order valence-electron chi connectivity index (χ3n) is 6.24. The number of methoxy groups -OCH3 is 1. The minimum absolute atomic E-state index is 0.0269. The van der Waals surface area contributed by atoms with Crippen molar-refractivity contribution in [2.75, 3.05) is 26.9 Å². The molecule has 1 heterocycles. The summed E-state index contributed by atoms with van der Waals surface area (Å²) in [5.74, 6) is -1.51. The van der Waals surface area contributed by atoms with Crippen LogP contribution in [0.25, 0.3) is 11.1 Å². The van der Waals surface area contributed by atoms with Gasteiger partial charge in [-0.15, -0.1) is 0 Å². The number of carbonyl (C=O) groups is 3. The summed E-state index contributed by atoms with van der Waals surface area (Å²) in [4.78, 5) is 36.0. The normalized spacial score (nSPS) is 19.7. The molecule has 9 nitrogen and oxygen atoms in total. The van der Waals surface area contributed by atoms with E-state index in [1.807, 2.05) is 36.4 Å². The summed E-state index contributed by atoms with van der Waals surface area (Å²) in [6, 6.07) is 15.6. The van der Waals surface area contributed by atoms with Gasteiger partial charge in [0.05, 0.1) is 18.6 Å². The van der Waals surface area contributed by atoms with Crippen molar-refractivity contribution in [2.24, 2.45) is 0 Å². The maximum Gasteiger partial charge on any atom is 0.407 e. The van der Waals surface area contributed by atoms with Gasteiger partial charge in [0.25, 0.3) is 5.91 Å². The molecule has 1 saturated heterocycles. The second-order valence-electron chi connectivity index (χ2n) is 8.36. The molecule has 0 spiro atoms. The van der Waals surface area contributed by atoms with E-state index < -0.39 is 36.2 Å². The first-order valence-corrected chi connectivity index (χ1v) is 11.2. The predicted molar refractivity (Wildman–Crippen MR) is 122 cm³/mol. The van der Waals surface area contributed by atoms with Crippen LogP contribution < -0.4 is 10.6 Å². The molecule has 0 aromatic heterocycles. The van der Waals surface area contributed by atoms with Crippen LogP contribution in [0.2, 0.25) is 0 Å². The second kappa shape index (κ2) is 10.7. The van der Waals surface area contributed by atoms with Gasteiger partial charge in [-0.3, -0.25) is 9.59 Å². The average Bonchev–Trinajstić information content (AvgIpc) is 3.42. The highest BCUT2D eigenvalue weighted by Gasteiger charge is 2.36. The zero-order valence-corrected chi connectivity index (χ0v) is 18.9. The lowest BCUT2D eigenvalue weighted by Crippen LogP contribution is -2.49. The summed E-state index contributed by atoms with van der Waals surface area (Å²) in [6.45, 7) is 0.517. The summed E-state index contributed by atoms with van der Waals surface area (Å²) >= 11 is 0. The average molecular weight is 469 g/mol. The van der Waals surface area contributed by atoms with E-state index in [-0.39, 0.29) is 25.5 Å². The van der Waals surface area contributed by atoms with Crippen LogP contribution in [0.15, 0.2) is 48.5 Å². The van der Waals surface area contributed by atoms with Crippen LogP contribution in [0.3, 0.4) is 0 Å². The molecule has 1 aliphatic heterocycles. The first kappa shape index (κ1) is 23.7. The molecule has 1 unspecified atom stereocenters. The predicted octanol–water partition coefficient (Wildman–Crippen LogP) is 2.29. The van der Waals surface area contributed by atoms with Crippen LogP contribution in [-0.4, -0.2) is 68.2 Å². The van der Waals surface area contributed by atoms with Crippen molar-refractivity contribution in [1.29, 1.82) is 0 Å². The number of ether oxygens (including phenoxy) is 3. The van der Waals surface area contributed by atoms with Crippen molar-refractivity contribution < 1.29 is 33.7 Å². The number of alkyl carbamates (subject to hydrolysis) is 1. The molecule has 0 saturated carbocycles. The van der Waals surface area contributed by atoms with E-state index in [1.165, 1.54) is 7.11 Å². The number of hydrogen-bond acceptors (Lipinski definition) is 6. The minimum atomic E-state index is -1.02. The maximum atomic E-state index is 12.6. The molecule has 1 fully saturated rings. The van der Waals surface area contributed by atoms with Gasteiger partial charge >= 0.3 is 12.1 Å². The van der Waals surface area contributed by atoms with Crippen LogP contribution >= 0.6 is 0 Å². The van der Waals surface area contributed by atoms with Crippen molar-refractivity contribution in [1.82, 2.24) is 10.6 Å². The van der Waals surface area contributed by atoms with E-state index in [0.29, 0.717) is 13.0 Å². The van der Waals surface area contributed by atoms with E-state index >= 15 is 0 Å². The number of carbonyl (C=O) groups excluding carboxylic acids is 2. The number of hydrogen-bond donors (Lipinski definition) is 3. The SMILES string of the molecule is COC(CNC(=O)[C@@H]1OCC[C@@H]1NC(=O)OCC1c2ccccc2-c2ccccc21)CC(=O)O. The van der Waals surface area contributed by atoms with Crippen LogP contribution in [0.4, 0.5) is 4.79 Å². The molecule has 34 heavy (non-hydrogen) atoms. The topological polar surface area (TPSA) is 123 Å². The monoisotopic (exact) mass is 468 g/mol. The Morgan fingerprint density at radius 1 is 1.09 bits per heavy atom. The van der Waals surface area contributed by atoms with Gasteiger partial charge < -0.3 is 30.0 Å². The summed E-state index contributed by atoms with van der Waals surface area (Å²) in [5.41, 5.74) is 4.52. The van der Waals surface area contributed by atoms with Crippen LogP contribution in [0.1, 0.15) is 29.9 Å². The third kappa shape index (κ3) is 5.21. The standard InChI is InChI=1S/C25H28N2O7/c1-32-15(12-22(28)29)13-26-24(30)23-21(10-11-33-23)27-25(31)34-14-20-18-8-4-2-6-16(18)17-7-3-5-9-19(17)20/h2-9,15,20-21,23H,10-14H2,1H3,(H,26,30)(H,27,31)(H,28,29)/t15?,21-,23+/m0/s1. The smallest absolute Gasteiger partial charge is 0.407 e. The van der Waals surface area contributed by atoms with Gasteiger partial charge in [0.15, 0.2) is 6.10 Å².